The molecular formula is C27H39N3O5S. The number of nitrogens with one attached hydrogen (secondary N) is 2. The largest absolute Gasteiger partial charge is 0.496 e. The van der Waals surface area contributed by atoms with E-state index >= 15 is 0 Å². The highest BCUT2D eigenvalue weighted by Crippen LogP contribution is 2.30. The third kappa shape index (κ3) is 7.86. The van der Waals surface area contributed by atoms with Crippen molar-refractivity contribution >= 4 is 21.8 Å². The molecule has 0 unspecified atom stereocenters. The molecule has 2 aromatic carbocycles. The third-order valence-electron chi connectivity index (χ3n) is 6.71. The molecule has 1 aliphatic carbocycles. The fourth-order valence-corrected chi connectivity index (χ4v) is 5.31. The lowest BCUT2D eigenvalue weighted by molar-refractivity contribution is 0.0812. The van der Waals surface area contributed by atoms with E-state index in [0.29, 0.717) is 30.7 Å². The molecule has 1 aliphatic rings. The normalized spacial score (nSPS) is 18.5. The Kier molecular flexibility index (Phi) is 8.89. The van der Waals surface area contributed by atoms with Crippen LogP contribution in [0.1, 0.15) is 52.0 Å². The van der Waals surface area contributed by atoms with Gasteiger partial charge < -0.3 is 20.1 Å². The molecule has 1 amide bonds. The fraction of sp³-hybridized carbons (Fsp3) is 0.519. The Balaban J connectivity index is 1.60. The van der Waals surface area contributed by atoms with E-state index in [2.05, 4.69) is 16.1 Å². The molecular weight excluding hydrogens is 478 g/mol. The van der Waals surface area contributed by atoms with Gasteiger partial charge in [0.1, 0.15) is 5.75 Å². The van der Waals surface area contributed by atoms with Gasteiger partial charge in [0.2, 0.25) is 10.0 Å². The Bertz CT molecular complexity index is 1130. The third-order valence-corrected chi connectivity index (χ3v) is 7.32. The maximum absolute atomic E-state index is 11.7. The minimum atomic E-state index is -3.31. The predicted molar refractivity (Wildman–Crippen MR) is 144 cm³/mol. The summed E-state index contributed by atoms with van der Waals surface area (Å²) < 4.78 is 31.0. The summed E-state index contributed by atoms with van der Waals surface area (Å²) in [6, 6.07) is 13.7. The molecule has 0 aliphatic heterocycles. The monoisotopic (exact) mass is 517 g/mol. The van der Waals surface area contributed by atoms with Crippen molar-refractivity contribution in [3.63, 3.8) is 0 Å². The molecule has 0 heterocycles. The number of carboxylic acid groups (broad SMARTS) is 1. The molecule has 0 saturated heterocycles. The molecule has 36 heavy (non-hydrogen) atoms. The maximum atomic E-state index is 11.7. The first-order valence-corrected chi connectivity index (χ1v) is 14.2. The number of nitrogens with zero attached hydrogens (tertiary/aromatic N) is 1. The van der Waals surface area contributed by atoms with Crippen LogP contribution in [0.3, 0.4) is 0 Å². The van der Waals surface area contributed by atoms with Crippen molar-refractivity contribution < 1.29 is 23.1 Å². The summed E-state index contributed by atoms with van der Waals surface area (Å²) in [5.41, 5.74) is 3.20. The van der Waals surface area contributed by atoms with Crippen LogP contribution < -0.4 is 14.8 Å². The Morgan fingerprint density at radius 1 is 1.06 bits per heavy atom. The molecule has 3 rings (SSSR count). The first-order chi connectivity index (χ1) is 16.9. The Morgan fingerprint density at radius 3 is 2.19 bits per heavy atom. The number of rotatable bonds is 9. The standard InChI is InChI=1S/C27H39N3O5S/c1-27(2,3)30(26(31)32)18-19-6-11-23(12-7-19)28-17-22-16-21(10-15-25(22)35-4)20-8-13-24(14-9-20)29-36(5,33)34/h8-10,13-16,19,23,28-29H,6-7,11-12,17-18H2,1-5H3,(H,31,32). The van der Waals surface area contributed by atoms with Crippen molar-refractivity contribution in [1.82, 2.24) is 10.2 Å². The minimum Gasteiger partial charge on any atom is -0.496 e. The van der Waals surface area contributed by atoms with E-state index in [4.69, 9.17) is 4.74 Å². The molecule has 1 saturated carbocycles. The highest BCUT2D eigenvalue weighted by atomic mass is 32.2. The summed E-state index contributed by atoms with van der Waals surface area (Å²) in [7, 11) is -1.65. The summed E-state index contributed by atoms with van der Waals surface area (Å²) in [5, 5.41) is 13.3. The molecule has 0 radical (unpaired) electrons. The van der Waals surface area contributed by atoms with Gasteiger partial charge in [0, 0.05) is 35.9 Å². The zero-order chi connectivity index (χ0) is 26.5. The van der Waals surface area contributed by atoms with E-state index in [-0.39, 0.29) is 0 Å². The second-order valence-electron chi connectivity index (χ2n) is 10.6. The van der Waals surface area contributed by atoms with Crippen LogP contribution in [0.2, 0.25) is 0 Å². The number of amides is 1. The number of sulfonamides is 1. The number of carbonyl (C=O) groups is 1. The highest BCUT2D eigenvalue weighted by molar-refractivity contribution is 7.92. The number of ether oxygens (including phenoxy) is 1. The van der Waals surface area contributed by atoms with Crippen molar-refractivity contribution in [2.24, 2.45) is 5.92 Å². The van der Waals surface area contributed by atoms with Gasteiger partial charge in [0.15, 0.2) is 0 Å². The van der Waals surface area contributed by atoms with Gasteiger partial charge in [0.05, 0.1) is 13.4 Å². The summed E-state index contributed by atoms with van der Waals surface area (Å²) in [4.78, 5) is 13.2. The number of hydrogen-bond acceptors (Lipinski definition) is 5. The Labute approximate surface area is 215 Å². The summed E-state index contributed by atoms with van der Waals surface area (Å²) >= 11 is 0. The second kappa shape index (κ2) is 11.5. The average Bonchev–Trinajstić information content (AvgIpc) is 2.80. The molecule has 3 N–H and O–H groups in total. The average molecular weight is 518 g/mol. The van der Waals surface area contributed by atoms with Gasteiger partial charge >= 0.3 is 6.09 Å². The lowest BCUT2D eigenvalue weighted by Crippen LogP contribution is -2.48. The Hall–Kier alpha value is -2.78. The lowest BCUT2D eigenvalue weighted by Gasteiger charge is -2.38. The number of methoxy groups -OCH3 is 1. The molecule has 0 bridgehead atoms. The number of anilines is 1. The number of hydrogen-bond donors (Lipinski definition) is 3. The van der Waals surface area contributed by atoms with E-state index in [9.17, 15) is 18.3 Å². The SMILES string of the molecule is COc1ccc(-c2ccc(NS(C)(=O)=O)cc2)cc1CNC1CCC(CN(C(=O)O)C(C)(C)C)CC1. The molecule has 9 heteroatoms. The van der Waals surface area contributed by atoms with Gasteiger partial charge in [-0.05, 0) is 87.8 Å². The molecule has 2 aromatic rings. The molecule has 198 valence electrons. The molecule has 0 spiro atoms. The van der Waals surface area contributed by atoms with Crippen LogP contribution in [0.15, 0.2) is 42.5 Å². The quantitative estimate of drug-likeness (QED) is 0.424. The smallest absolute Gasteiger partial charge is 0.407 e. The van der Waals surface area contributed by atoms with Crippen molar-refractivity contribution in [2.45, 2.75) is 64.6 Å². The van der Waals surface area contributed by atoms with Gasteiger partial charge in [-0.3, -0.25) is 4.72 Å². The van der Waals surface area contributed by atoms with Crippen molar-refractivity contribution in [3.05, 3.63) is 48.0 Å². The van der Waals surface area contributed by atoms with Gasteiger partial charge in [-0.25, -0.2) is 13.2 Å². The Morgan fingerprint density at radius 2 is 1.67 bits per heavy atom. The van der Waals surface area contributed by atoms with Crippen molar-refractivity contribution in [1.29, 1.82) is 0 Å². The van der Waals surface area contributed by atoms with Crippen LogP contribution in [-0.2, 0) is 16.6 Å². The van der Waals surface area contributed by atoms with Crippen molar-refractivity contribution in [2.75, 3.05) is 24.6 Å². The van der Waals surface area contributed by atoms with Crippen LogP contribution in [0.4, 0.5) is 10.5 Å². The fourth-order valence-electron chi connectivity index (χ4n) is 4.74. The lowest BCUT2D eigenvalue weighted by atomic mass is 9.85. The van der Waals surface area contributed by atoms with Crippen LogP contribution in [0.5, 0.6) is 5.75 Å². The van der Waals surface area contributed by atoms with Crippen LogP contribution in [-0.4, -0.2) is 56.0 Å². The van der Waals surface area contributed by atoms with E-state index in [1.807, 2.05) is 45.0 Å². The summed E-state index contributed by atoms with van der Waals surface area (Å²) in [6.45, 7) is 7.08. The van der Waals surface area contributed by atoms with E-state index in [1.54, 1.807) is 24.1 Å². The summed E-state index contributed by atoms with van der Waals surface area (Å²) in [5.74, 6) is 1.20. The van der Waals surface area contributed by atoms with E-state index < -0.39 is 21.7 Å². The molecule has 1 fully saturated rings. The van der Waals surface area contributed by atoms with Crippen LogP contribution in [0.25, 0.3) is 11.1 Å². The molecule has 0 aromatic heterocycles. The summed E-state index contributed by atoms with van der Waals surface area (Å²) in [6.07, 6.45) is 4.31. The first kappa shape index (κ1) is 27.8. The van der Waals surface area contributed by atoms with E-state index in [1.165, 1.54) is 0 Å². The zero-order valence-corrected chi connectivity index (χ0v) is 22.7. The topological polar surface area (TPSA) is 108 Å². The molecule has 0 atom stereocenters. The first-order valence-electron chi connectivity index (χ1n) is 12.3. The highest BCUT2D eigenvalue weighted by Gasteiger charge is 2.30. The van der Waals surface area contributed by atoms with Gasteiger partial charge in [0.25, 0.3) is 0 Å². The van der Waals surface area contributed by atoms with E-state index in [0.717, 1.165) is 54.4 Å². The second-order valence-corrected chi connectivity index (χ2v) is 12.4. The molecule has 8 nitrogen and oxygen atoms in total. The van der Waals surface area contributed by atoms with Gasteiger partial charge in [-0.2, -0.15) is 0 Å². The van der Waals surface area contributed by atoms with Gasteiger partial charge in [-0.1, -0.05) is 18.2 Å². The predicted octanol–water partition coefficient (Wildman–Crippen LogP) is 5.16. The maximum Gasteiger partial charge on any atom is 0.407 e. The minimum absolute atomic E-state index is 0.379. The van der Waals surface area contributed by atoms with Crippen LogP contribution in [0, 0.1) is 5.92 Å². The number of benzene rings is 2. The van der Waals surface area contributed by atoms with Crippen LogP contribution >= 0.6 is 0 Å². The van der Waals surface area contributed by atoms with Gasteiger partial charge in [-0.15, -0.1) is 0 Å². The zero-order valence-electron chi connectivity index (χ0n) is 21.9. The van der Waals surface area contributed by atoms with Crippen molar-refractivity contribution in [3.8, 4) is 16.9 Å².